The van der Waals surface area contributed by atoms with Crippen LogP contribution in [-0.4, -0.2) is 30.6 Å². The second-order valence-corrected chi connectivity index (χ2v) is 5.80. The lowest BCUT2D eigenvalue weighted by Crippen LogP contribution is -2.20. The van der Waals surface area contributed by atoms with Gasteiger partial charge < -0.3 is 5.32 Å². The summed E-state index contributed by atoms with van der Waals surface area (Å²) in [4.78, 5) is 23.9. The minimum Gasteiger partial charge on any atom is -0.348 e. The molecule has 0 spiro atoms. The number of halogens is 3. The number of aryl methyl sites for hydroxylation is 1. The van der Waals surface area contributed by atoms with Crippen molar-refractivity contribution in [2.45, 2.75) is 19.6 Å². The molecule has 28 heavy (non-hydrogen) atoms. The number of alkyl halides is 3. The minimum absolute atomic E-state index is 0.118. The molecule has 1 N–H and O–H groups in total. The molecule has 0 saturated carbocycles. The minimum atomic E-state index is -4.45. The molecule has 7 nitrogen and oxygen atoms in total. The Morgan fingerprint density at radius 1 is 1.21 bits per heavy atom. The number of carbonyl (C=O) groups is 1. The Morgan fingerprint density at radius 3 is 2.68 bits per heavy atom. The van der Waals surface area contributed by atoms with E-state index in [0.29, 0.717) is 5.82 Å². The maximum atomic E-state index is 12.8. The van der Waals surface area contributed by atoms with E-state index in [0.717, 1.165) is 17.7 Å². The maximum Gasteiger partial charge on any atom is 0.416 e. The van der Waals surface area contributed by atoms with Gasteiger partial charge in [0.2, 0.25) is 5.91 Å². The van der Waals surface area contributed by atoms with Gasteiger partial charge in [-0.1, -0.05) is 12.1 Å². The van der Waals surface area contributed by atoms with Gasteiger partial charge in [-0.15, -0.1) is 5.10 Å². The summed E-state index contributed by atoms with van der Waals surface area (Å²) < 4.78 is 39.7. The summed E-state index contributed by atoms with van der Waals surface area (Å²) in [6.45, 7) is 2.02. The van der Waals surface area contributed by atoms with Crippen LogP contribution in [0, 0.1) is 6.92 Å². The molecule has 2 heterocycles. The summed E-state index contributed by atoms with van der Waals surface area (Å²) in [5.41, 5.74) is 0.196. The van der Waals surface area contributed by atoms with E-state index < -0.39 is 11.7 Å². The molecule has 0 aliphatic carbocycles. The Morgan fingerprint density at radius 2 is 1.96 bits per heavy atom. The summed E-state index contributed by atoms with van der Waals surface area (Å²) in [7, 11) is 0. The molecule has 3 rings (SSSR count). The zero-order valence-corrected chi connectivity index (χ0v) is 14.7. The second kappa shape index (κ2) is 7.99. The zero-order chi connectivity index (χ0) is 20.1. The number of nitrogens with zero attached hydrogens (tertiary/aromatic N) is 5. The molecular formula is C18H15F3N6O. The van der Waals surface area contributed by atoms with E-state index in [9.17, 15) is 18.0 Å². The molecule has 1 amide bonds. The summed E-state index contributed by atoms with van der Waals surface area (Å²) in [6, 6.07) is 4.72. The molecular weight excluding hydrogens is 373 g/mol. The maximum absolute atomic E-state index is 12.8. The molecule has 0 unspecified atom stereocenters. The molecule has 0 aliphatic rings. The Kier molecular flexibility index (Phi) is 5.48. The van der Waals surface area contributed by atoms with Crippen LogP contribution in [0.1, 0.15) is 17.0 Å². The van der Waals surface area contributed by atoms with Crippen LogP contribution in [0.2, 0.25) is 0 Å². The normalized spacial score (nSPS) is 11.7. The van der Waals surface area contributed by atoms with Gasteiger partial charge in [-0.3, -0.25) is 4.79 Å². The van der Waals surface area contributed by atoms with Crippen molar-refractivity contribution in [1.82, 2.24) is 30.0 Å². The predicted octanol–water partition coefficient (Wildman–Crippen LogP) is 2.85. The Labute approximate surface area is 158 Å². The average molecular weight is 388 g/mol. The molecule has 0 bridgehead atoms. The zero-order valence-electron chi connectivity index (χ0n) is 14.7. The fourth-order valence-corrected chi connectivity index (χ4v) is 2.22. The number of hydrogen-bond acceptors (Lipinski definition) is 5. The lowest BCUT2D eigenvalue weighted by molar-refractivity contribution is -0.137. The SMILES string of the molecule is Cc1ncc(CNC(=O)C=Cn2cnc(-c3cccc(C(F)(F)F)c3)n2)cn1. The molecule has 2 aromatic heterocycles. The summed E-state index contributed by atoms with van der Waals surface area (Å²) in [5, 5.41) is 6.71. The summed E-state index contributed by atoms with van der Waals surface area (Å²) in [6.07, 6.45) is 2.67. The van der Waals surface area contributed by atoms with E-state index in [1.807, 2.05) is 0 Å². The van der Waals surface area contributed by atoms with Crippen LogP contribution in [0.5, 0.6) is 0 Å². The van der Waals surface area contributed by atoms with Crippen molar-refractivity contribution in [1.29, 1.82) is 0 Å². The van der Waals surface area contributed by atoms with E-state index >= 15 is 0 Å². The fraction of sp³-hybridized carbons (Fsp3) is 0.167. The van der Waals surface area contributed by atoms with Gasteiger partial charge in [0.1, 0.15) is 12.2 Å². The van der Waals surface area contributed by atoms with Gasteiger partial charge in [-0.2, -0.15) is 13.2 Å². The van der Waals surface area contributed by atoms with Crippen LogP contribution in [0.3, 0.4) is 0 Å². The van der Waals surface area contributed by atoms with Gasteiger partial charge in [0, 0.05) is 42.3 Å². The van der Waals surface area contributed by atoms with Crippen molar-refractivity contribution >= 4 is 12.1 Å². The summed E-state index contributed by atoms with van der Waals surface area (Å²) >= 11 is 0. The lowest BCUT2D eigenvalue weighted by Gasteiger charge is -2.06. The van der Waals surface area contributed by atoms with E-state index in [1.165, 1.54) is 35.4 Å². The van der Waals surface area contributed by atoms with Gasteiger partial charge in [-0.25, -0.2) is 19.6 Å². The molecule has 10 heteroatoms. The predicted molar refractivity (Wildman–Crippen MR) is 94.4 cm³/mol. The van der Waals surface area contributed by atoms with Crippen LogP contribution >= 0.6 is 0 Å². The number of carbonyl (C=O) groups excluding carboxylic acids is 1. The average Bonchev–Trinajstić information content (AvgIpc) is 3.14. The van der Waals surface area contributed by atoms with Crippen LogP contribution in [0.25, 0.3) is 17.6 Å². The lowest BCUT2D eigenvalue weighted by atomic mass is 10.1. The first kappa shape index (κ1) is 19.2. The van der Waals surface area contributed by atoms with Crippen LogP contribution in [0.4, 0.5) is 13.2 Å². The van der Waals surface area contributed by atoms with E-state index in [-0.39, 0.29) is 23.8 Å². The Hall–Kier alpha value is -3.56. The van der Waals surface area contributed by atoms with Crippen LogP contribution in [0.15, 0.2) is 49.1 Å². The van der Waals surface area contributed by atoms with Crippen molar-refractivity contribution in [3.63, 3.8) is 0 Å². The van der Waals surface area contributed by atoms with Gasteiger partial charge >= 0.3 is 6.18 Å². The third kappa shape index (κ3) is 5.00. The van der Waals surface area contributed by atoms with Crippen LogP contribution < -0.4 is 5.32 Å². The highest BCUT2D eigenvalue weighted by Gasteiger charge is 2.30. The largest absolute Gasteiger partial charge is 0.416 e. The first-order valence-corrected chi connectivity index (χ1v) is 8.13. The van der Waals surface area contributed by atoms with E-state index in [2.05, 4.69) is 25.4 Å². The molecule has 0 atom stereocenters. The molecule has 0 saturated heterocycles. The highest BCUT2D eigenvalue weighted by atomic mass is 19.4. The smallest absolute Gasteiger partial charge is 0.348 e. The first-order chi connectivity index (χ1) is 13.3. The second-order valence-electron chi connectivity index (χ2n) is 5.80. The molecule has 0 aliphatic heterocycles. The number of nitrogens with one attached hydrogen (secondary N) is 1. The number of amides is 1. The van der Waals surface area contributed by atoms with Gasteiger partial charge in [0.25, 0.3) is 0 Å². The first-order valence-electron chi connectivity index (χ1n) is 8.13. The van der Waals surface area contributed by atoms with Crippen molar-refractivity contribution in [2.75, 3.05) is 0 Å². The van der Waals surface area contributed by atoms with Gasteiger partial charge in [-0.05, 0) is 19.1 Å². The van der Waals surface area contributed by atoms with E-state index in [1.54, 1.807) is 19.3 Å². The van der Waals surface area contributed by atoms with Crippen molar-refractivity contribution in [2.24, 2.45) is 0 Å². The van der Waals surface area contributed by atoms with E-state index in [4.69, 9.17) is 0 Å². The highest BCUT2D eigenvalue weighted by Crippen LogP contribution is 2.31. The van der Waals surface area contributed by atoms with Crippen molar-refractivity contribution in [3.8, 4) is 11.4 Å². The van der Waals surface area contributed by atoms with Crippen molar-refractivity contribution in [3.05, 3.63) is 66.0 Å². The number of rotatable bonds is 5. The van der Waals surface area contributed by atoms with Gasteiger partial charge in [0.05, 0.1) is 5.56 Å². The summed E-state index contributed by atoms with van der Waals surface area (Å²) in [5.74, 6) is 0.377. The molecule has 1 aromatic carbocycles. The highest BCUT2D eigenvalue weighted by molar-refractivity contribution is 5.89. The van der Waals surface area contributed by atoms with Crippen LogP contribution in [-0.2, 0) is 17.5 Å². The Bertz CT molecular complexity index is 995. The molecule has 144 valence electrons. The third-order valence-electron chi connectivity index (χ3n) is 3.64. The molecule has 0 fully saturated rings. The monoisotopic (exact) mass is 388 g/mol. The number of aromatic nitrogens is 5. The Balaban J connectivity index is 1.62. The molecule has 0 radical (unpaired) electrons. The number of benzene rings is 1. The standard InChI is InChI=1S/C18H15F3N6O/c1-12-22-8-13(9-23-12)10-24-16(28)5-6-27-11-25-17(26-27)14-3-2-4-15(7-14)18(19,20)21/h2-9,11H,10H2,1H3,(H,24,28). The fourth-order valence-electron chi connectivity index (χ4n) is 2.22. The quantitative estimate of drug-likeness (QED) is 0.680. The number of hydrogen-bond donors (Lipinski definition) is 1. The topological polar surface area (TPSA) is 85.6 Å². The van der Waals surface area contributed by atoms with Crippen molar-refractivity contribution < 1.29 is 18.0 Å². The third-order valence-corrected chi connectivity index (χ3v) is 3.64. The molecule has 3 aromatic rings. The van der Waals surface area contributed by atoms with Gasteiger partial charge in [0.15, 0.2) is 5.82 Å².